The molecule has 0 unspecified atom stereocenters. The molecule has 1 aliphatic carbocycles. The number of aliphatic hydroxyl groups is 1. The van der Waals surface area contributed by atoms with E-state index >= 15 is 0 Å². The summed E-state index contributed by atoms with van der Waals surface area (Å²) in [4.78, 5) is 21.1. The van der Waals surface area contributed by atoms with Gasteiger partial charge in [-0.15, -0.1) is 13.2 Å². The first-order chi connectivity index (χ1) is 16.6. The first-order valence-corrected chi connectivity index (χ1v) is 10.9. The smallest absolute Gasteiger partial charge is 0.406 e. The summed E-state index contributed by atoms with van der Waals surface area (Å²) >= 11 is 0. The molecule has 1 saturated carbocycles. The minimum absolute atomic E-state index is 0.0652. The highest BCUT2D eigenvalue weighted by molar-refractivity contribution is 6.10. The van der Waals surface area contributed by atoms with Crippen molar-refractivity contribution in [2.45, 2.75) is 38.5 Å². The zero-order chi connectivity index (χ0) is 25.2. The molecule has 2 heterocycles. The minimum atomic E-state index is -4.80. The number of ketones is 1. The van der Waals surface area contributed by atoms with Crippen molar-refractivity contribution in [1.82, 2.24) is 19.7 Å². The second-order valence-corrected chi connectivity index (χ2v) is 8.44. The van der Waals surface area contributed by atoms with Gasteiger partial charge in [-0.25, -0.2) is 14.4 Å². The largest absolute Gasteiger partial charge is 0.573 e. The van der Waals surface area contributed by atoms with E-state index in [0.29, 0.717) is 12.0 Å². The molecule has 2 N–H and O–H groups in total. The van der Waals surface area contributed by atoms with Crippen molar-refractivity contribution in [2.24, 2.45) is 11.8 Å². The molecule has 1 fully saturated rings. The highest BCUT2D eigenvalue weighted by Crippen LogP contribution is 2.36. The summed E-state index contributed by atoms with van der Waals surface area (Å²) in [5, 5.41) is 16.7. The lowest BCUT2D eigenvalue weighted by Gasteiger charge is -2.18. The van der Waals surface area contributed by atoms with E-state index in [9.17, 15) is 27.5 Å². The third-order valence-corrected chi connectivity index (χ3v) is 6.05. The third-order valence-electron chi connectivity index (χ3n) is 6.05. The molecule has 2 aromatic heterocycles. The Labute approximate surface area is 198 Å². The van der Waals surface area contributed by atoms with Crippen LogP contribution in [0.2, 0.25) is 0 Å². The summed E-state index contributed by atoms with van der Waals surface area (Å²) in [6, 6.07) is 6.30. The van der Waals surface area contributed by atoms with Gasteiger partial charge < -0.3 is 15.2 Å². The van der Waals surface area contributed by atoms with E-state index in [2.05, 4.69) is 25.1 Å². The molecule has 1 aliphatic rings. The fraction of sp³-hybridized carbons (Fsp3) is 0.391. The number of rotatable bonds is 8. The molecule has 0 spiro atoms. The van der Waals surface area contributed by atoms with Crippen LogP contribution in [0.5, 0.6) is 5.75 Å². The van der Waals surface area contributed by atoms with Gasteiger partial charge in [0.1, 0.15) is 29.8 Å². The molecule has 35 heavy (non-hydrogen) atoms. The molecule has 0 aliphatic heterocycles. The number of hydrogen-bond acceptors (Lipinski definition) is 7. The van der Waals surface area contributed by atoms with E-state index in [1.165, 1.54) is 47.7 Å². The lowest BCUT2D eigenvalue weighted by atomic mass is 9.99. The van der Waals surface area contributed by atoms with Gasteiger partial charge in [0.2, 0.25) is 5.78 Å². The topological polar surface area (TPSA) is 102 Å². The number of carbonyl (C=O) groups is 1. The summed E-state index contributed by atoms with van der Waals surface area (Å²) in [6.45, 7) is 1.71. The Bertz CT molecular complexity index is 1190. The van der Waals surface area contributed by atoms with Crippen LogP contribution in [0, 0.1) is 11.8 Å². The molecule has 0 amide bonds. The fourth-order valence-corrected chi connectivity index (χ4v) is 4.20. The number of nitrogens with zero attached hydrogens (tertiary/aromatic N) is 4. The molecular weight excluding hydrogens is 470 g/mol. The number of ether oxygens (including phenoxy) is 1. The summed E-state index contributed by atoms with van der Waals surface area (Å²) in [7, 11) is 0. The molecule has 0 bridgehead atoms. The maximum absolute atomic E-state index is 14.7. The monoisotopic (exact) mass is 493 g/mol. The van der Waals surface area contributed by atoms with Gasteiger partial charge in [0.15, 0.2) is 0 Å². The predicted molar refractivity (Wildman–Crippen MR) is 117 cm³/mol. The molecule has 3 aromatic rings. The van der Waals surface area contributed by atoms with Crippen LogP contribution in [0.25, 0.3) is 0 Å². The van der Waals surface area contributed by atoms with Crippen LogP contribution in [-0.2, 0) is 6.54 Å². The standard InChI is InChI=1S/C23H23F4N5O3/c1-13-15(11-33)8-19(20(13)24)30-22-17(9-28-12-29-22)21(34)18-5-6-32(31-18)10-14-3-2-4-16(7-14)35-23(25,26)27/h2-7,9,12-13,15,19-20,33H,8,10-11H2,1H3,(H,28,29,30)/t13-,15-,19-,20+/m1/s1. The number of anilines is 1. The second kappa shape index (κ2) is 9.98. The molecule has 1 aromatic carbocycles. The quantitative estimate of drug-likeness (QED) is 0.365. The predicted octanol–water partition coefficient (Wildman–Crippen LogP) is 3.62. The average molecular weight is 493 g/mol. The Balaban J connectivity index is 1.48. The summed E-state index contributed by atoms with van der Waals surface area (Å²) in [5.74, 6) is -1.23. The first-order valence-electron chi connectivity index (χ1n) is 10.9. The number of aromatic nitrogens is 4. The zero-order valence-electron chi connectivity index (χ0n) is 18.6. The average Bonchev–Trinajstić information content (AvgIpc) is 3.38. The molecule has 0 radical (unpaired) electrons. The Kier molecular flexibility index (Phi) is 7.01. The van der Waals surface area contributed by atoms with Crippen molar-refractivity contribution >= 4 is 11.6 Å². The van der Waals surface area contributed by atoms with Crippen molar-refractivity contribution in [3.05, 3.63) is 65.9 Å². The van der Waals surface area contributed by atoms with Crippen LogP contribution in [-0.4, -0.2) is 55.8 Å². The van der Waals surface area contributed by atoms with Crippen molar-refractivity contribution < 1.29 is 32.2 Å². The Morgan fingerprint density at radius 1 is 1.31 bits per heavy atom. The van der Waals surface area contributed by atoms with Crippen molar-refractivity contribution in [1.29, 1.82) is 0 Å². The van der Waals surface area contributed by atoms with E-state index in [0.717, 1.165) is 0 Å². The van der Waals surface area contributed by atoms with E-state index in [4.69, 9.17) is 0 Å². The van der Waals surface area contributed by atoms with Crippen LogP contribution in [0.4, 0.5) is 23.4 Å². The molecule has 4 atom stereocenters. The number of benzene rings is 1. The Morgan fingerprint density at radius 3 is 2.83 bits per heavy atom. The lowest BCUT2D eigenvalue weighted by Crippen LogP contribution is -2.29. The lowest BCUT2D eigenvalue weighted by molar-refractivity contribution is -0.274. The normalized spacial score (nSPS) is 22.2. The molecule has 12 heteroatoms. The molecular formula is C23H23F4N5O3. The van der Waals surface area contributed by atoms with Gasteiger partial charge in [-0.05, 0) is 42.0 Å². The van der Waals surface area contributed by atoms with Crippen molar-refractivity contribution in [3.63, 3.8) is 0 Å². The summed E-state index contributed by atoms with van der Waals surface area (Å²) in [5.41, 5.74) is 0.656. The fourth-order valence-electron chi connectivity index (χ4n) is 4.20. The number of hydrogen-bond donors (Lipinski definition) is 2. The van der Waals surface area contributed by atoms with Gasteiger partial charge in [0, 0.05) is 19.0 Å². The van der Waals surface area contributed by atoms with E-state index < -0.39 is 24.4 Å². The van der Waals surface area contributed by atoms with E-state index in [1.807, 2.05) is 0 Å². The van der Waals surface area contributed by atoms with Crippen LogP contribution < -0.4 is 10.1 Å². The van der Waals surface area contributed by atoms with Gasteiger partial charge in [0.25, 0.3) is 0 Å². The van der Waals surface area contributed by atoms with Crippen LogP contribution in [0.1, 0.15) is 35.0 Å². The maximum atomic E-state index is 14.7. The van der Waals surface area contributed by atoms with Crippen LogP contribution in [0.3, 0.4) is 0 Å². The van der Waals surface area contributed by atoms with Gasteiger partial charge >= 0.3 is 6.36 Å². The maximum Gasteiger partial charge on any atom is 0.573 e. The number of nitrogens with one attached hydrogen (secondary N) is 1. The Morgan fingerprint density at radius 2 is 2.11 bits per heavy atom. The van der Waals surface area contributed by atoms with Gasteiger partial charge in [-0.3, -0.25) is 9.48 Å². The van der Waals surface area contributed by atoms with Gasteiger partial charge in [-0.1, -0.05) is 19.1 Å². The van der Waals surface area contributed by atoms with Crippen LogP contribution >= 0.6 is 0 Å². The molecule has 186 valence electrons. The Hall–Kier alpha value is -3.54. The molecule has 8 nitrogen and oxygen atoms in total. The SMILES string of the molecule is C[C@@H]1[C@@H](CO)C[C@@H](Nc2ncncc2C(=O)c2ccn(Cc3cccc(OC(F)(F)F)c3)n2)[C@H]1F. The van der Waals surface area contributed by atoms with Crippen molar-refractivity contribution in [3.8, 4) is 5.75 Å². The number of halogens is 4. The first kappa shape index (κ1) is 24.6. The van der Waals surface area contributed by atoms with Crippen molar-refractivity contribution in [2.75, 3.05) is 11.9 Å². The van der Waals surface area contributed by atoms with E-state index in [-0.39, 0.29) is 47.8 Å². The molecule has 0 saturated heterocycles. The molecule has 4 rings (SSSR count). The van der Waals surface area contributed by atoms with Crippen LogP contribution in [0.15, 0.2) is 49.1 Å². The second-order valence-electron chi connectivity index (χ2n) is 8.44. The highest BCUT2D eigenvalue weighted by atomic mass is 19.4. The van der Waals surface area contributed by atoms with E-state index in [1.54, 1.807) is 13.0 Å². The van der Waals surface area contributed by atoms with Gasteiger partial charge in [-0.2, -0.15) is 5.10 Å². The van der Waals surface area contributed by atoms with Gasteiger partial charge in [0.05, 0.1) is 18.2 Å². The zero-order valence-corrected chi connectivity index (χ0v) is 18.6. The summed E-state index contributed by atoms with van der Waals surface area (Å²) in [6.07, 6.45) is -1.56. The number of carbonyl (C=O) groups excluding carboxylic acids is 1. The third kappa shape index (κ3) is 5.76. The highest BCUT2D eigenvalue weighted by Gasteiger charge is 2.41. The minimum Gasteiger partial charge on any atom is -0.406 e. The number of aliphatic hydroxyl groups excluding tert-OH is 1. The summed E-state index contributed by atoms with van der Waals surface area (Å²) < 4.78 is 57.4. The number of alkyl halides is 4.